The van der Waals surface area contributed by atoms with E-state index < -0.39 is 42.9 Å². The van der Waals surface area contributed by atoms with Gasteiger partial charge in [0, 0.05) is 21.8 Å². The summed E-state index contributed by atoms with van der Waals surface area (Å²) < 4.78 is 11.7. The number of aryl methyl sites for hydroxylation is 1. The van der Waals surface area contributed by atoms with Gasteiger partial charge in [0.2, 0.25) is 0 Å². The smallest absolute Gasteiger partial charge is 0.429 e. The molecule has 16 nitrogen and oxygen atoms in total. The van der Waals surface area contributed by atoms with Crippen LogP contribution < -0.4 is 10.4 Å². The lowest BCUT2D eigenvalue weighted by Crippen LogP contribution is -2.71. The zero-order chi connectivity index (χ0) is 30.1. The third-order valence-corrected chi connectivity index (χ3v) is 10.6. The summed E-state index contributed by atoms with van der Waals surface area (Å²) >= 11 is 4.52. The number of carboxylic acids is 2. The van der Waals surface area contributed by atoms with Crippen LogP contribution in [0.4, 0.5) is 5.13 Å². The van der Waals surface area contributed by atoms with Crippen LogP contribution in [0.5, 0.6) is 0 Å². The van der Waals surface area contributed by atoms with E-state index in [9.17, 15) is 28.8 Å². The van der Waals surface area contributed by atoms with Crippen molar-refractivity contribution in [2.75, 3.05) is 23.7 Å². The van der Waals surface area contributed by atoms with Gasteiger partial charge in [-0.15, -0.1) is 34.4 Å². The number of nitrogens with zero attached hydrogens (tertiary/aromatic N) is 4. The number of aromatic nitrogens is 2. The Bertz CT molecular complexity index is 1520. The fraction of sp³-hybridized carbons (Fsp3) is 0.350. The van der Waals surface area contributed by atoms with Gasteiger partial charge in [-0.05, 0) is 12.5 Å². The highest BCUT2D eigenvalue weighted by atomic mass is 32.2. The third-order valence-electron chi connectivity index (χ3n) is 5.48. The van der Waals surface area contributed by atoms with E-state index in [2.05, 4.69) is 20.4 Å². The first-order chi connectivity index (χ1) is 19.3. The monoisotopic (exact) mass is 664 g/mol. The van der Waals surface area contributed by atoms with E-state index in [1.165, 1.54) is 47.4 Å². The molecule has 220 valence electrons. The normalized spacial score (nSPS) is 19.0. The van der Waals surface area contributed by atoms with Crippen molar-refractivity contribution in [2.45, 2.75) is 29.1 Å². The molecule has 0 bridgehead atoms. The van der Waals surface area contributed by atoms with E-state index in [1.54, 1.807) is 6.92 Å². The van der Waals surface area contributed by atoms with E-state index in [1.807, 2.05) is 5.09 Å². The Morgan fingerprint density at radius 1 is 1.29 bits per heavy atom. The summed E-state index contributed by atoms with van der Waals surface area (Å²) in [5, 5.41) is 27.4. The van der Waals surface area contributed by atoms with Crippen LogP contribution in [0.15, 0.2) is 26.1 Å². The number of oxime groups is 1. The zero-order valence-electron chi connectivity index (χ0n) is 21.0. The molecule has 1 saturated heterocycles. The first kappa shape index (κ1) is 30.9. The van der Waals surface area contributed by atoms with Crippen molar-refractivity contribution >= 4 is 88.5 Å². The largest absolute Gasteiger partial charge is 0.481 e. The fourth-order valence-electron chi connectivity index (χ4n) is 3.77. The summed E-state index contributed by atoms with van der Waals surface area (Å²) in [4.78, 5) is 82.0. The molecule has 0 radical (unpaired) electrons. The average molecular weight is 665 g/mol. The maximum atomic E-state index is 13.0. The molecule has 4 heterocycles. The summed E-state index contributed by atoms with van der Waals surface area (Å²) in [7, 11) is -3.47. The maximum Gasteiger partial charge on any atom is 0.429 e. The average Bonchev–Trinajstić information content (AvgIpc) is 3.47. The molecule has 2 atom stereocenters. The highest BCUT2D eigenvalue weighted by molar-refractivity contribution is 8.01. The minimum atomic E-state index is -4.64. The molecule has 4 rings (SSSR count). The van der Waals surface area contributed by atoms with Crippen LogP contribution in [-0.2, 0) is 35.0 Å². The van der Waals surface area contributed by atoms with Crippen molar-refractivity contribution < 1.29 is 48.6 Å². The van der Waals surface area contributed by atoms with Crippen LogP contribution in [0, 0.1) is 6.92 Å². The van der Waals surface area contributed by atoms with Gasteiger partial charge in [-0.2, -0.15) is 0 Å². The second kappa shape index (κ2) is 12.5. The summed E-state index contributed by atoms with van der Waals surface area (Å²) in [5.74, 6) is -3.34. The molecule has 6 N–H and O–H groups in total. The molecule has 21 heteroatoms. The standard InChI is InChI=1S/C20H21N6O10PS4/c1-7-10(3-11(27)28)41-20(21-7)40-5-8-4-38-17-13(16(30)26(17)14(8)18(31)32)23-15(29)12(24-36-2)9-6-39-19(22-9)25-37(33,34)35/h6,13,17H,3-5H2,1-2H3,(H,23,29)(H,27,28)(H,31,32)(H3,22,25,33,34,35)/t13-,17-/m1/s1. The number of nitrogens with one attached hydrogen (secondary N) is 2. The Hall–Kier alpha value is -3.00. The molecule has 2 amide bonds. The van der Waals surface area contributed by atoms with Crippen molar-refractivity contribution in [1.82, 2.24) is 20.2 Å². The molecule has 2 aromatic rings. The molecule has 0 aliphatic carbocycles. The zero-order valence-corrected chi connectivity index (χ0v) is 25.1. The van der Waals surface area contributed by atoms with Gasteiger partial charge in [-0.25, -0.2) is 19.3 Å². The van der Waals surface area contributed by atoms with Crippen molar-refractivity contribution in [1.29, 1.82) is 0 Å². The van der Waals surface area contributed by atoms with Gasteiger partial charge in [0.05, 0.1) is 12.1 Å². The number of carbonyl (C=O) groups is 4. The number of carbonyl (C=O) groups excluding carboxylic acids is 2. The second-order valence-corrected chi connectivity index (χ2v) is 13.9. The van der Waals surface area contributed by atoms with Crippen molar-refractivity contribution in [3.63, 3.8) is 0 Å². The lowest BCUT2D eigenvalue weighted by molar-refractivity contribution is -0.150. The minimum absolute atomic E-state index is 0.0698. The van der Waals surface area contributed by atoms with Gasteiger partial charge in [-0.1, -0.05) is 16.9 Å². The van der Waals surface area contributed by atoms with Gasteiger partial charge in [0.25, 0.3) is 11.8 Å². The second-order valence-electron chi connectivity index (χ2n) is 8.28. The highest BCUT2D eigenvalue weighted by Gasteiger charge is 2.54. The Kier molecular flexibility index (Phi) is 9.42. The van der Waals surface area contributed by atoms with Crippen molar-refractivity contribution in [3.8, 4) is 0 Å². The molecule has 0 aromatic carbocycles. The molecule has 2 aliphatic heterocycles. The Morgan fingerprint density at radius 3 is 2.66 bits per heavy atom. The Balaban J connectivity index is 1.46. The number of aliphatic carboxylic acids is 2. The van der Waals surface area contributed by atoms with Gasteiger partial charge in [0.15, 0.2) is 15.2 Å². The molecule has 0 unspecified atom stereocenters. The van der Waals surface area contributed by atoms with Crippen LogP contribution in [0.25, 0.3) is 0 Å². The summed E-state index contributed by atoms with van der Waals surface area (Å²) in [6.45, 7) is 1.70. The van der Waals surface area contributed by atoms with E-state index in [-0.39, 0.29) is 40.2 Å². The SMILES string of the molecule is CON=C(C(=O)N[C@@H]1C(=O)N2C(C(=O)O)=C(CSc3nc(C)c(CC(=O)O)s3)CS[C@H]12)c1csc(NP(=O)(O)O)n1. The third kappa shape index (κ3) is 7.08. The number of β-lactam (4-membered cyclic amide) rings is 1. The van der Waals surface area contributed by atoms with Gasteiger partial charge in [-0.3, -0.25) is 24.4 Å². The topological polar surface area (TPSA) is 241 Å². The molecule has 2 aliphatic rings. The number of thiazole rings is 2. The Labute approximate surface area is 247 Å². The van der Waals surface area contributed by atoms with Crippen LogP contribution in [-0.4, -0.2) is 94.4 Å². The number of amides is 2. The quantitative estimate of drug-likeness (QED) is 0.0608. The maximum absolute atomic E-state index is 13.0. The first-order valence-electron chi connectivity index (χ1n) is 11.2. The highest BCUT2D eigenvalue weighted by Crippen LogP contribution is 2.42. The van der Waals surface area contributed by atoms with E-state index in [4.69, 9.17) is 19.7 Å². The number of rotatable bonds is 12. The summed E-state index contributed by atoms with van der Waals surface area (Å²) in [6, 6.07) is -1.08. The number of anilines is 1. The lowest BCUT2D eigenvalue weighted by Gasteiger charge is -2.49. The Morgan fingerprint density at radius 2 is 2.02 bits per heavy atom. The predicted molar refractivity (Wildman–Crippen MR) is 150 cm³/mol. The number of hydrogen-bond donors (Lipinski definition) is 6. The number of thioether (sulfide) groups is 2. The van der Waals surface area contributed by atoms with Crippen molar-refractivity contribution in [2.24, 2.45) is 5.16 Å². The molecule has 0 saturated carbocycles. The number of fused-ring (bicyclic) bond motifs is 1. The van der Waals surface area contributed by atoms with Crippen LogP contribution in [0.1, 0.15) is 16.3 Å². The van der Waals surface area contributed by atoms with Crippen LogP contribution in [0.2, 0.25) is 0 Å². The number of hydrogen-bond acceptors (Lipinski definition) is 13. The van der Waals surface area contributed by atoms with E-state index in [0.717, 1.165) is 16.2 Å². The lowest BCUT2D eigenvalue weighted by atomic mass is 10.0. The molecular formula is C20H21N6O10PS4. The summed E-state index contributed by atoms with van der Waals surface area (Å²) in [6.07, 6.45) is -0.162. The van der Waals surface area contributed by atoms with Crippen LogP contribution in [0.3, 0.4) is 0 Å². The van der Waals surface area contributed by atoms with Gasteiger partial charge < -0.3 is 30.2 Å². The molecule has 2 aromatic heterocycles. The minimum Gasteiger partial charge on any atom is -0.481 e. The molecule has 0 spiro atoms. The van der Waals surface area contributed by atoms with E-state index in [0.29, 0.717) is 20.5 Å². The van der Waals surface area contributed by atoms with Gasteiger partial charge in [0.1, 0.15) is 29.9 Å². The number of carboxylic acid groups (broad SMARTS) is 2. The van der Waals surface area contributed by atoms with E-state index >= 15 is 0 Å². The molecule has 41 heavy (non-hydrogen) atoms. The van der Waals surface area contributed by atoms with Crippen molar-refractivity contribution in [3.05, 3.63) is 32.9 Å². The first-order valence-corrected chi connectivity index (χ1v) is 16.6. The van der Waals surface area contributed by atoms with Crippen LogP contribution >= 0.6 is 53.9 Å². The molecule has 1 fully saturated rings. The molecular weight excluding hydrogens is 643 g/mol. The fourth-order valence-corrected chi connectivity index (χ4v) is 8.89. The predicted octanol–water partition coefficient (Wildman–Crippen LogP) is 0.921. The summed E-state index contributed by atoms with van der Waals surface area (Å²) in [5.41, 5.74) is 0.449. The van der Waals surface area contributed by atoms with Gasteiger partial charge >= 0.3 is 19.7 Å².